The van der Waals surface area contributed by atoms with E-state index in [-0.39, 0.29) is 12.1 Å². The van der Waals surface area contributed by atoms with Gasteiger partial charge in [0, 0.05) is 14.2 Å². The van der Waals surface area contributed by atoms with Crippen molar-refractivity contribution in [3.63, 3.8) is 0 Å². The Bertz CT molecular complexity index is 711. The number of hydrogen-bond donors (Lipinski definition) is 3. The molecule has 1 saturated heterocycles. The van der Waals surface area contributed by atoms with Gasteiger partial charge in [0.2, 0.25) is 0 Å². The first-order valence-corrected chi connectivity index (χ1v) is 6.48. The van der Waals surface area contributed by atoms with E-state index in [2.05, 4.69) is 9.97 Å². The van der Waals surface area contributed by atoms with Crippen LogP contribution in [0.15, 0.2) is 12.7 Å². The van der Waals surface area contributed by atoms with Crippen LogP contribution in [0, 0.1) is 5.41 Å². The Morgan fingerprint density at radius 1 is 1.43 bits per heavy atom. The molecule has 2 aromatic heterocycles. The van der Waals surface area contributed by atoms with Gasteiger partial charge in [0.15, 0.2) is 17.4 Å². The highest BCUT2D eigenvalue weighted by Gasteiger charge is 2.45. The van der Waals surface area contributed by atoms with Crippen LogP contribution in [0.4, 0.5) is 0 Å². The average molecular weight is 295 g/mol. The van der Waals surface area contributed by atoms with Crippen molar-refractivity contribution in [2.45, 2.75) is 24.5 Å². The summed E-state index contributed by atoms with van der Waals surface area (Å²) in [6, 6.07) is 0. The van der Waals surface area contributed by atoms with Crippen molar-refractivity contribution in [3.8, 4) is 0 Å². The molecule has 3 rings (SSSR count). The molecule has 1 aliphatic heterocycles. The van der Waals surface area contributed by atoms with Crippen LogP contribution in [-0.2, 0) is 16.5 Å². The summed E-state index contributed by atoms with van der Waals surface area (Å²) >= 11 is 0. The van der Waals surface area contributed by atoms with Crippen LogP contribution in [-0.4, -0.2) is 61.3 Å². The maximum atomic E-state index is 10.3. The minimum Gasteiger partial charge on any atom is -0.394 e. The second-order valence-electron chi connectivity index (χ2n) is 4.97. The minimum atomic E-state index is -0.963. The number of nitrogens with zero attached hydrogens (tertiary/aromatic N) is 4. The predicted molar refractivity (Wildman–Crippen MR) is 70.2 cm³/mol. The molecule has 3 heterocycles. The van der Waals surface area contributed by atoms with Crippen LogP contribution in [0.25, 0.3) is 11.2 Å². The summed E-state index contributed by atoms with van der Waals surface area (Å²) in [4.78, 5) is 8.39. The van der Waals surface area contributed by atoms with E-state index in [4.69, 9.17) is 14.9 Å². The van der Waals surface area contributed by atoms with E-state index in [1.807, 2.05) is 0 Å². The molecule has 0 spiro atoms. The summed E-state index contributed by atoms with van der Waals surface area (Å²) in [6.45, 7) is -0.259. The summed E-state index contributed by atoms with van der Waals surface area (Å²) in [5.41, 5.74) is 1.07. The number of aliphatic hydroxyl groups is 2. The molecule has 9 nitrogen and oxygen atoms in total. The van der Waals surface area contributed by atoms with E-state index in [1.165, 1.54) is 19.8 Å². The van der Waals surface area contributed by atoms with Gasteiger partial charge in [-0.25, -0.2) is 9.97 Å². The third-order valence-corrected chi connectivity index (χ3v) is 3.73. The van der Waals surface area contributed by atoms with Crippen LogP contribution >= 0.6 is 0 Å². The highest BCUT2D eigenvalue weighted by atomic mass is 16.6. The zero-order chi connectivity index (χ0) is 15.1. The van der Waals surface area contributed by atoms with E-state index in [9.17, 15) is 10.2 Å². The van der Waals surface area contributed by atoms with Gasteiger partial charge in [-0.15, -0.1) is 0 Å². The Kier molecular flexibility index (Phi) is 3.49. The largest absolute Gasteiger partial charge is 0.394 e. The smallest absolute Gasteiger partial charge is 0.167 e. The van der Waals surface area contributed by atoms with E-state index in [0.29, 0.717) is 11.2 Å². The zero-order valence-corrected chi connectivity index (χ0v) is 11.7. The topological polar surface area (TPSA) is 118 Å². The van der Waals surface area contributed by atoms with Crippen molar-refractivity contribution >= 4 is 11.2 Å². The van der Waals surface area contributed by atoms with Crippen LogP contribution < -0.4 is 5.49 Å². The van der Waals surface area contributed by atoms with Crippen molar-refractivity contribution in [1.29, 1.82) is 5.41 Å². The maximum Gasteiger partial charge on any atom is 0.167 e. The Balaban J connectivity index is 2.05. The summed E-state index contributed by atoms with van der Waals surface area (Å²) in [5.74, 6) is 0. The van der Waals surface area contributed by atoms with Crippen LogP contribution in [0.1, 0.15) is 6.23 Å². The number of aromatic nitrogens is 4. The molecule has 4 atom stereocenters. The van der Waals surface area contributed by atoms with Gasteiger partial charge in [-0.3, -0.25) is 9.98 Å². The van der Waals surface area contributed by atoms with Gasteiger partial charge in [0.1, 0.15) is 23.8 Å². The lowest BCUT2D eigenvalue weighted by atomic mass is 10.1. The molecular formula is C12H17N5O4. The lowest BCUT2D eigenvalue weighted by molar-refractivity contribution is -0.0536. The lowest BCUT2D eigenvalue weighted by Gasteiger charge is -2.17. The molecule has 0 aromatic carbocycles. The molecule has 1 aliphatic rings. The van der Waals surface area contributed by atoms with Crippen molar-refractivity contribution in [2.75, 3.05) is 13.7 Å². The highest BCUT2D eigenvalue weighted by molar-refractivity contribution is 5.68. The number of methoxy groups -OCH3 is 1. The molecule has 2 aromatic rings. The predicted octanol–water partition coefficient (Wildman–Crippen LogP) is -1.49. The van der Waals surface area contributed by atoms with Gasteiger partial charge in [0.25, 0.3) is 0 Å². The Labute approximate surface area is 119 Å². The third kappa shape index (κ3) is 2.05. The van der Waals surface area contributed by atoms with Gasteiger partial charge in [0.05, 0.1) is 19.3 Å². The quantitative estimate of drug-likeness (QED) is 0.635. The molecule has 0 saturated carbocycles. The Morgan fingerprint density at radius 2 is 2.19 bits per heavy atom. The summed E-state index contributed by atoms with van der Waals surface area (Å²) in [6.07, 6.45) is -0.0147. The second kappa shape index (κ2) is 5.19. The molecule has 9 heteroatoms. The van der Waals surface area contributed by atoms with Gasteiger partial charge >= 0.3 is 0 Å². The number of ether oxygens (including phenoxy) is 2. The molecule has 0 bridgehead atoms. The van der Waals surface area contributed by atoms with Gasteiger partial charge < -0.3 is 24.3 Å². The van der Waals surface area contributed by atoms with E-state index < -0.39 is 24.5 Å². The normalized spacial score (nSPS) is 29.3. The Morgan fingerprint density at radius 3 is 2.81 bits per heavy atom. The van der Waals surface area contributed by atoms with Gasteiger partial charge in [-0.05, 0) is 0 Å². The fraction of sp³-hybridized carbons (Fsp3) is 0.583. The molecule has 114 valence electrons. The Hall–Kier alpha value is -1.81. The first kappa shape index (κ1) is 14.1. The molecule has 0 unspecified atom stereocenters. The van der Waals surface area contributed by atoms with Gasteiger partial charge in [-0.1, -0.05) is 0 Å². The molecule has 1 fully saturated rings. The summed E-state index contributed by atoms with van der Waals surface area (Å²) in [7, 11) is 3.16. The van der Waals surface area contributed by atoms with Crippen LogP contribution in [0.2, 0.25) is 0 Å². The van der Waals surface area contributed by atoms with Gasteiger partial charge in [-0.2, -0.15) is 0 Å². The first-order valence-electron chi connectivity index (χ1n) is 6.48. The fourth-order valence-corrected chi connectivity index (χ4v) is 2.59. The lowest BCUT2D eigenvalue weighted by Crippen LogP contribution is -2.35. The van der Waals surface area contributed by atoms with E-state index in [1.54, 1.807) is 16.2 Å². The van der Waals surface area contributed by atoms with Crippen LogP contribution in [0.3, 0.4) is 0 Å². The number of hydrogen-bond acceptors (Lipinski definition) is 7. The molecule has 0 radical (unpaired) electrons. The number of imidazole rings is 1. The number of rotatable bonds is 3. The van der Waals surface area contributed by atoms with E-state index in [0.717, 1.165) is 0 Å². The highest BCUT2D eigenvalue weighted by Crippen LogP contribution is 2.32. The van der Waals surface area contributed by atoms with Crippen LogP contribution in [0.5, 0.6) is 0 Å². The monoisotopic (exact) mass is 295 g/mol. The molecule has 21 heavy (non-hydrogen) atoms. The molecular weight excluding hydrogens is 278 g/mol. The fourth-order valence-electron chi connectivity index (χ4n) is 2.59. The average Bonchev–Trinajstić information content (AvgIpc) is 3.03. The summed E-state index contributed by atoms with van der Waals surface area (Å²) in [5, 5.41) is 27.6. The van der Waals surface area contributed by atoms with E-state index >= 15 is 0 Å². The standard InChI is InChI=1S/C12H17N5O4/c1-16-4-15-11-7(10(16)13)14-5-17(11)12-8(19)9(20-2)6(3-18)21-12/h4-6,8-9,12-13,18-19H,3H2,1-2H3/t6-,8-,9-,12-/m1/s1. The van der Waals surface area contributed by atoms with Crippen molar-refractivity contribution in [2.24, 2.45) is 7.05 Å². The molecule has 3 N–H and O–H groups in total. The number of nitrogens with one attached hydrogen (secondary N) is 1. The minimum absolute atomic E-state index is 0.216. The second-order valence-corrected chi connectivity index (χ2v) is 4.97. The zero-order valence-electron chi connectivity index (χ0n) is 11.7. The maximum absolute atomic E-state index is 10.3. The number of fused-ring (bicyclic) bond motifs is 1. The number of aliphatic hydroxyl groups excluding tert-OH is 2. The summed E-state index contributed by atoms with van der Waals surface area (Å²) < 4.78 is 13.9. The number of aryl methyl sites for hydroxylation is 1. The first-order chi connectivity index (χ1) is 10.1. The molecule has 0 aliphatic carbocycles. The SMILES string of the molecule is CO[C@H]1[C@@H](O)[C@H](n2cnc3c(=N)n(C)cnc32)O[C@@H]1CO. The molecule has 0 amide bonds. The van der Waals surface area contributed by atoms with Crippen molar-refractivity contribution in [1.82, 2.24) is 19.1 Å². The third-order valence-electron chi connectivity index (χ3n) is 3.73. The van der Waals surface area contributed by atoms with Crippen molar-refractivity contribution < 1.29 is 19.7 Å². The van der Waals surface area contributed by atoms with Crippen molar-refractivity contribution in [3.05, 3.63) is 18.1 Å².